The molecule has 1 N–H and O–H groups in total. The molecule has 0 amide bonds. The zero-order chi connectivity index (χ0) is 30.3. The molecule has 43 heavy (non-hydrogen) atoms. The molecular weight excluding hydrogens is 584 g/mol. The van der Waals surface area contributed by atoms with E-state index in [4.69, 9.17) is 35.9 Å². The number of allylic oxidation sites excluding steroid dienone is 1. The van der Waals surface area contributed by atoms with E-state index in [2.05, 4.69) is 19.2 Å². The number of ether oxygens (including phenoxy) is 3. The Labute approximate surface area is 261 Å². The van der Waals surface area contributed by atoms with Crippen LogP contribution in [0.25, 0.3) is 0 Å². The predicted molar refractivity (Wildman–Crippen MR) is 170 cm³/mol. The van der Waals surface area contributed by atoms with E-state index in [-0.39, 0.29) is 6.61 Å². The van der Waals surface area contributed by atoms with Crippen molar-refractivity contribution in [2.75, 3.05) is 19.0 Å². The molecule has 0 saturated heterocycles. The van der Waals surface area contributed by atoms with Gasteiger partial charge < -0.3 is 19.5 Å². The average molecular weight is 619 g/mol. The fraction of sp³-hybridized carbons (Fsp3) is 0.303. The number of rotatable bonds is 12. The number of fused-ring (bicyclic) bond motifs is 1. The normalized spacial score (nSPS) is 14.3. The number of thioether (sulfide) groups is 1. The standard InChI is InChI=1S/C33H35ClN4O4S/c1-21(2)16-17-41-27-15-14-24(18-28(27)40-4)30-29(31(39)42-19-23-10-6-5-7-11-23)22(3)35-32-36-33(37-38(30)32)43-20-25-12-8-9-13-26(25)34/h5-15,18,21,30H,16-17,19-20H2,1-4H3,(H,35,36,37). The second-order valence-electron chi connectivity index (χ2n) is 10.6. The van der Waals surface area contributed by atoms with Crippen molar-refractivity contribution < 1.29 is 19.0 Å². The van der Waals surface area contributed by atoms with Gasteiger partial charge in [-0.15, -0.1) is 5.10 Å². The molecule has 224 valence electrons. The van der Waals surface area contributed by atoms with Gasteiger partial charge in [0.2, 0.25) is 11.1 Å². The molecule has 0 bridgehead atoms. The van der Waals surface area contributed by atoms with Gasteiger partial charge in [-0.2, -0.15) is 4.98 Å². The summed E-state index contributed by atoms with van der Waals surface area (Å²) in [5.41, 5.74) is 3.75. The fourth-order valence-corrected chi connectivity index (χ4v) is 5.82. The maximum atomic E-state index is 13.7. The number of aromatic nitrogens is 3. The average Bonchev–Trinajstić information content (AvgIpc) is 3.41. The Morgan fingerprint density at radius 2 is 1.84 bits per heavy atom. The van der Waals surface area contributed by atoms with Gasteiger partial charge in [-0.05, 0) is 54.2 Å². The lowest BCUT2D eigenvalue weighted by molar-refractivity contribution is -0.140. The van der Waals surface area contributed by atoms with Crippen molar-refractivity contribution in [2.45, 2.75) is 50.8 Å². The minimum atomic E-state index is -0.611. The lowest BCUT2D eigenvalue weighted by Gasteiger charge is -2.28. The number of carbonyl (C=O) groups is 1. The van der Waals surface area contributed by atoms with Crippen LogP contribution in [0.3, 0.4) is 0 Å². The minimum absolute atomic E-state index is 0.151. The fourth-order valence-electron chi connectivity index (χ4n) is 4.70. The summed E-state index contributed by atoms with van der Waals surface area (Å²) in [5, 5.41) is 9.35. The molecule has 2 heterocycles. The van der Waals surface area contributed by atoms with Crippen molar-refractivity contribution in [1.29, 1.82) is 0 Å². The van der Waals surface area contributed by atoms with E-state index in [1.54, 1.807) is 11.8 Å². The molecule has 1 aliphatic rings. The number of esters is 1. The summed E-state index contributed by atoms with van der Waals surface area (Å²) in [5.74, 6) is 2.42. The van der Waals surface area contributed by atoms with E-state index in [0.717, 1.165) is 23.1 Å². The first-order chi connectivity index (χ1) is 20.8. The van der Waals surface area contributed by atoms with Crippen LogP contribution in [0.1, 0.15) is 49.9 Å². The smallest absolute Gasteiger partial charge is 0.338 e. The highest BCUT2D eigenvalue weighted by Crippen LogP contribution is 2.40. The topological polar surface area (TPSA) is 87.5 Å². The van der Waals surface area contributed by atoms with Gasteiger partial charge in [0.1, 0.15) is 12.6 Å². The first-order valence-corrected chi connectivity index (χ1v) is 15.5. The number of anilines is 1. The lowest BCUT2D eigenvalue weighted by atomic mass is 9.95. The van der Waals surface area contributed by atoms with Crippen LogP contribution in [0.15, 0.2) is 89.2 Å². The highest BCUT2D eigenvalue weighted by Gasteiger charge is 2.36. The molecule has 0 spiro atoms. The molecule has 8 nitrogen and oxygen atoms in total. The second kappa shape index (κ2) is 14.0. The van der Waals surface area contributed by atoms with Gasteiger partial charge in [-0.25, -0.2) is 9.48 Å². The largest absolute Gasteiger partial charge is 0.493 e. The lowest BCUT2D eigenvalue weighted by Crippen LogP contribution is -2.29. The number of hydrogen-bond donors (Lipinski definition) is 1. The van der Waals surface area contributed by atoms with Gasteiger partial charge in [0.05, 0.1) is 19.3 Å². The molecule has 0 radical (unpaired) electrons. The molecule has 5 rings (SSSR count). The van der Waals surface area contributed by atoms with E-state index in [0.29, 0.717) is 57.2 Å². The second-order valence-corrected chi connectivity index (χ2v) is 12.0. The molecule has 1 aromatic heterocycles. The van der Waals surface area contributed by atoms with Crippen LogP contribution in [0.5, 0.6) is 11.5 Å². The molecule has 1 aliphatic heterocycles. The van der Waals surface area contributed by atoms with E-state index in [1.807, 2.05) is 79.7 Å². The number of nitrogens with zero attached hydrogens (tertiary/aromatic N) is 3. The molecule has 0 fully saturated rings. The molecule has 4 aromatic rings. The summed E-state index contributed by atoms with van der Waals surface area (Å²) in [6.45, 7) is 6.89. The van der Waals surface area contributed by atoms with Gasteiger partial charge in [0.15, 0.2) is 11.5 Å². The van der Waals surface area contributed by atoms with Crippen LogP contribution in [-0.4, -0.2) is 34.5 Å². The zero-order valence-electron chi connectivity index (χ0n) is 24.7. The zero-order valence-corrected chi connectivity index (χ0v) is 26.2. The number of nitrogens with one attached hydrogen (secondary N) is 1. The number of halogens is 1. The highest BCUT2D eigenvalue weighted by molar-refractivity contribution is 7.98. The SMILES string of the molecule is COc1cc(C2C(C(=O)OCc3ccccc3)=C(C)Nc3nc(SCc4ccccc4Cl)nn32)ccc1OCCC(C)C. The molecule has 0 aliphatic carbocycles. The predicted octanol–water partition coefficient (Wildman–Crippen LogP) is 7.69. The van der Waals surface area contributed by atoms with Crippen molar-refractivity contribution in [3.63, 3.8) is 0 Å². The van der Waals surface area contributed by atoms with Gasteiger partial charge in [-0.3, -0.25) is 0 Å². The third-order valence-corrected chi connectivity index (χ3v) is 8.29. The number of methoxy groups -OCH3 is 1. The van der Waals surface area contributed by atoms with Crippen LogP contribution >= 0.6 is 23.4 Å². The molecule has 1 unspecified atom stereocenters. The number of hydrogen-bond acceptors (Lipinski definition) is 8. The Balaban J connectivity index is 1.47. The third kappa shape index (κ3) is 7.35. The van der Waals surface area contributed by atoms with Crippen LogP contribution in [0.2, 0.25) is 5.02 Å². The first-order valence-electron chi connectivity index (χ1n) is 14.2. The Morgan fingerprint density at radius 1 is 1.07 bits per heavy atom. The van der Waals surface area contributed by atoms with Crippen LogP contribution in [-0.2, 0) is 21.9 Å². The van der Waals surface area contributed by atoms with Crippen molar-refractivity contribution in [1.82, 2.24) is 14.8 Å². The highest BCUT2D eigenvalue weighted by atomic mass is 35.5. The van der Waals surface area contributed by atoms with Crippen molar-refractivity contribution in [3.8, 4) is 11.5 Å². The maximum Gasteiger partial charge on any atom is 0.338 e. The summed E-state index contributed by atoms with van der Waals surface area (Å²) < 4.78 is 19.3. The number of carbonyl (C=O) groups excluding carboxylic acids is 1. The van der Waals surface area contributed by atoms with E-state index in [1.165, 1.54) is 11.8 Å². The molecule has 10 heteroatoms. The molecular formula is C33H35ClN4O4S. The van der Waals surface area contributed by atoms with E-state index < -0.39 is 12.0 Å². The van der Waals surface area contributed by atoms with Crippen molar-refractivity contribution >= 4 is 35.3 Å². The van der Waals surface area contributed by atoms with Crippen LogP contribution < -0.4 is 14.8 Å². The minimum Gasteiger partial charge on any atom is -0.493 e. The van der Waals surface area contributed by atoms with Crippen LogP contribution in [0.4, 0.5) is 5.95 Å². The van der Waals surface area contributed by atoms with Crippen molar-refractivity contribution in [3.05, 3.63) is 106 Å². The van der Waals surface area contributed by atoms with Gasteiger partial charge in [0.25, 0.3) is 0 Å². The molecule has 3 aromatic carbocycles. The van der Waals surface area contributed by atoms with Crippen LogP contribution in [0, 0.1) is 5.92 Å². The van der Waals surface area contributed by atoms with Crippen molar-refractivity contribution in [2.24, 2.45) is 5.92 Å². The summed E-state index contributed by atoms with van der Waals surface area (Å²) in [6, 6.07) is 22.4. The summed E-state index contributed by atoms with van der Waals surface area (Å²) >= 11 is 7.85. The van der Waals surface area contributed by atoms with Gasteiger partial charge in [0, 0.05) is 16.5 Å². The Bertz CT molecular complexity index is 1610. The van der Waals surface area contributed by atoms with E-state index >= 15 is 0 Å². The van der Waals surface area contributed by atoms with E-state index in [9.17, 15) is 4.79 Å². The molecule has 1 atom stereocenters. The Morgan fingerprint density at radius 3 is 2.58 bits per heavy atom. The first kappa shape index (κ1) is 30.5. The Kier molecular flexibility index (Phi) is 9.94. The monoisotopic (exact) mass is 618 g/mol. The quantitative estimate of drug-likeness (QED) is 0.128. The van der Waals surface area contributed by atoms with Gasteiger partial charge in [-0.1, -0.05) is 91.8 Å². The third-order valence-electron chi connectivity index (χ3n) is 7.04. The summed E-state index contributed by atoms with van der Waals surface area (Å²) in [7, 11) is 1.61. The van der Waals surface area contributed by atoms with Gasteiger partial charge >= 0.3 is 5.97 Å². The number of benzene rings is 3. The summed E-state index contributed by atoms with van der Waals surface area (Å²) in [6.07, 6.45) is 0.926. The maximum absolute atomic E-state index is 13.7. The summed E-state index contributed by atoms with van der Waals surface area (Å²) in [4.78, 5) is 18.4. The Hall–Kier alpha value is -3.95. The molecule has 0 saturated carbocycles.